The van der Waals surface area contributed by atoms with E-state index in [0.29, 0.717) is 13.2 Å². The van der Waals surface area contributed by atoms with Crippen molar-refractivity contribution in [1.82, 2.24) is 9.88 Å². The number of hydrogen-bond donors (Lipinski definition) is 1. The molecule has 1 unspecified atom stereocenters. The maximum Gasteiger partial charge on any atom is 0.324 e. The SMILES string of the molecule is CCOC(=O)C1Cn2cccc2CN1. The van der Waals surface area contributed by atoms with Gasteiger partial charge in [0.05, 0.1) is 6.61 Å². The molecule has 0 aliphatic carbocycles. The third-order valence-electron chi connectivity index (χ3n) is 2.40. The number of carbonyl (C=O) groups excluding carboxylic acids is 1. The number of nitrogens with zero attached hydrogens (tertiary/aromatic N) is 1. The molecule has 4 nitrogen and oxygen atoms in total. The van der Waals surface area contributed by atoms with Crippen molar-refractivity contribution < 1.29 is 9.53 Å². The van der Waals surface area contributed by atoms with Crippen LogP contribution in [0.2, 0.25) is 0 Å². The molecule has 0 amide bonds. The van der Waals surface area contributed by atoms with Crippen molar-refractivity contribution in [2.24, 2.45) is 0 Å². The van der Waals surface area contributed by atoms with Crippen molar-refractivity contribution in [3.8, 4) is 0 Å². The molecule has 2 rings (SSSR count). The van der Waals surface area contributed by atoms with Gasteiger partial charge in [0.15, 0.2) is 0 Å². The van der Waals surface area contributed by atoms with Gasteiger partial charge in [0.2, 0.25) is 0 Å². The molecule has 1 aliphatic heterocycles. The van der Waals surface area contributed by atoms with E-state index in [1.807, 2.05) is 25.3 Å². The van der Waals surface area contributed by atoms with Crippen molar-refractivity contribution in [2.45, 2.75) is 26.1 Å². The molecule has 76 valence electrons. The van der Waals surface area contributed by atoms with Crippen LogP contribution in [0.5, 0.6) is 0 Å². The van der Waals surface area contributed by atoms with Gasteiger partial charge in [-0.2, -0.15) is 0 Å². The summed E-state index contributed by atoms with van der Waals surface area (Å²) in [4.78, 5) is 11.4. The first-order chi connectivity index (χ1) is 6.81. The zero-order chi connectivity index (χ0) is 9.97. The molecule has 0 fully saturated rings. The van der Waals surface area contributed by atoms with Crippen LogP contribution in [-0.4, -0.2) is 23.2 Å². The van der Waals surface area contributed by atoms with E-state index in [2.05, 4.69) is 9.88 Å². The van der Waals surface area contributed by atoms with Crippen molar-refractivity contribution in [1.29, 1.82) is 0 Å². The standard InChI is InChI=1S/C10H14N2O2/c1-2-14-10(13)9-7-12-5-3-4-8(12)6-11-9/h3-5,9,11H,2,6-7H2,1H3. The van der Waals surface area contributed by atoms with Gasteiger partial charge in [-0.05, 0) is 19.1 Å². The van der Waals surface area contributed by atoms with Gasteiger partial charge in [0.1, 0.15) is 6.04 Å². The number of nitrogens with one attached hydrogen (secondary N) is 1. The zero-order valence-corrected chi connectivity index (χ0v) is 8.19. The summed E-state index contributed by atoms with van der Waals surface area (Å²) >= 11 is 0. The van der Waals surface area contributed by atoms with Crippen LogP contribution in [0.25, 0.3) is 0 Å². The molecule has 0 spiro atoms. The van der Waals surface area contributed by atoms with Gasteiger partial charge in [0.25, 0.3) is 0 Å². The van der Waals surface area contributed by atoms with Crippen LogP contribution < -0.4 is 5.32 Å². The maximum atomic E-state index is 11.4. The van der Waals surface area contributed by atoms with Crippen molar-refractivity contribution >= 4 is 5.97 Å². The smallest absolute Gasteiger partial charge is 0.324 e. The topological polar surface area (TPSA) is 43.3 Å². The zero-order valence-electron chi connectivity index (χ0n) is 8.19. The summed E-state index contributed by atoms with van der Waals surface area (Å²) in [7, 11) is 0. The molecule has 0 aromatic carbocycles. The Balaban J connectivity index is 2.04. The number of fused-ring (bicyclic) bond motifs is 1. The van der Waals surface area contributed by atoms with E-state index in [1.165, 1.54) is 5.69 Å². The van der Waals surface area contributed by atoms with Crippen LogP contribution in [0, 0.1) is 0 Å². The quantitative estimate of drug-likeness (QED) is 0.698. The number of rotatable bonds is 2. The minimum Gasteiger partial charge on any atom is -0.465 e. The first-order valence-corrected chi connectivity index (χ1v) is 4.85. The second-order valence-corrected chi connectivity index (χ2v) is 3.34. The normalized spacial score (nSPS) is 20.2. The lowest BCUT2D eigenvalue weighted by atomic mass is 10.2. The van der Waals surface area contributed by atoms with Crippen molar-refractivity contribution in [2.75, 3.05) is 6.61 Å². The van der Waals surface area contributed by atoms with E-state index < -0.39 is 0 Å². The molecular formula is C10H14N2O2. The number of aromatic nitrogens is 1. The molecule has 1 N–H and O–H groups in total. The van der Waals surface area contributed by atoms with Crippen LogP contribution in [0.15, 0.2) is 18.3 Å². The lowest BCUT2D eigenvalue weighted by molar-refractivity contribution is -0.146. The summed E-state index contributed by atoms with van der Waals surface area (Å²) in [6, 6.07) is 3.84. The second kappa shape index (κ2) is 3.84. The van der Waals surface area contributed by atoms with Crippen LogP contribution in [0.3, 0.4) is 0 Å². The first kappa shape index (κ1) is 9.27. The highest BCUT2D eigenvalue weighted by Crippen LogP contribution is 2.10. The molecule has 0 saturated heterocycles. The lowest BCUT2D eigenvalue weighted by Crippen LogP contribution is -2.44. The second-order valence-electron chi connectivity index (χ2n) is 3.34. The lowest BCUT2D eigenvalue weighted by Gasteiger charge is -2.24. The van der Waals surface area contributed by atoms with Gasteiger partial charge >= 0.3 is 5.97 Å². The summed E-state index contributed by atoms with van der Waals surface area (Å²) in [5.41, 5.74) is 1.21. The molecule has 0 radical (unpaired) electrons. The minimum atomic E-state index is -0.199. The molecule has 4 heteroatoms. The van der Waals surface area contributed by atoms with Gasteiger partial charge in [-0.3, -0.25) is 10.1 Å². The fourth-order valence-corrected chi connectivity index (χ4v) is 1.68. The molecule has 1 aromatic heterocycles. The Kier molecular flexibility index (Phi) is 2.54. The molecule has 14 heavy (non-hydrogen) atoms. The van der Waals surface area contributed by atoms with E-state index in [9.17, 15) is 4.79 Å². The number of carbonyl (C=O) groups is 1. The summed E-state index contributed by atoms with van der Waals surface area (Å²) in [6.07, 6.45) is 1.99. The average Bonchev–Trinajstić information content (AvgIpc) is 2.64. The predicted octanol–water partition coefficient (Wildman–Crippen LogP) is 0.523. The van der Waals surface area contributed by atoms with E-state index in [4.69, 9.17) is 4.74 Å². The Morgan fingerprint density at radius 3 is 3.43 bits per heavy atom. The van der Waals surface area contributed by atoms with Gasteiger partial charge in [-0.1, -0.05) is 0 Å². The summed E-state index contributed by atoms with van der Waals surface area (Å²) in [6.45, 7) is 3.66. The van der Waals surface area contributed by atoms with E-state index in [0.717, 1.165) is 6.54 Å². The molecule has 0 saturated carbocycles. The molecular weight excluding hydrogens is 180 g/mol. The van der Waals surface area contributed by atoms with Crippen LogP contribution in [0.1, 0.15) is 12.6 Å². The first-order valence-electron chi connectivity index (χ1n) is 4.85. The van der Waals surface area contributed by atoms with Crippen LogP contribution in [0.4, 0.5) is 0 Å². The van der Waals surface area contributed by atoms with Gasteiger partial charge in [0, 0.05) is 25.0 Å². The highest BCUT2D eigenvalue weighted by atomic mass is 16.5. The molecule has 1 aromatic rings. The summed E-state index contributed by atoms with van der Waals surface area (Å²) in [5.74, 6) is -0.160. The average molecular weight is 194 g/mol. The predicted molar refractivity (Wildman–Crippen MR) is 51.7 cm³/mol. The van der Waals surface area contributed by atoms with Crippen molar-refractivity contribution in [3.05, 3.63) is 24.0 Å². The largest absolute Gasteiger partial charge is 0.465 e. The minimum absolute atomic E-state index is 0.160. The van der Waals surface area contributed by atoms with Crippen LogP contribution >= 0.6 is 0 Å². The Labute approximate surface area is 82.9 Å². The van der Waals surface area contributed by atoms with Crippen molar-refractivity contribution in [3.63, 3.8) is 0 Å². The van der Waals surface area contributed by atoms with E-state index >= 15 is 0 Å². The fraction of sp³-hybridized carbons (Fsp3) is 0.500. The van der Waals surface area contributed by atoms with Gasteiger partial charge < -0.3 is 9.30 Å². The Hall–Kier alpha value is -1.29. The Morgan fingerprint density at radius 1 is 1.79 bits per heavy atom. The molecule has 0 bridgehead atoms. The molecule has 1 atom stereocenters. The summed E-state index contributed by atoms with van der Waals surface area (Å²) in [5, 5.41) is 3.15. The molecule has 2 heterocycles. The van der Waals surface area contributed by atoms with E-state index in [-0.39, 0.29) is 12.0 Å². The fourth-order valence-electron chi connectivity index (χ4n) is 1.68. The highest BCUT2D eigenvalue weighted by molar-refractivity contribution is 5.75. The summed E-state index contributed by atoms with van der Waals surface area (Å²) < 4.78 is 7.04. The van der Waals surface area contributed by atoms with Gasteiger partial charge in [-0.15, -0.1) is 0 Å². The van der Waals surface area contributed by atoms with Crippen LogP contribution in [-0.2, 0) is 22.6 Å². The number of esters is 1. The number of ether oxygens (including phenoxy) is 1. The van der Waals surface area contributed by atoms with Gasteiger partial charge in [-0.25, -0.2) is 0 Å². The monoisotopic (exact) mass is 194 g/mol. The third-order valence-corrected chi connectivity index (χ3v) is 2.40. The number of hydrogen-bond acceptors (Lipinski definition) is 3. The third kappa shape index (κ3) is 1.65. The maximum absolute atomic E-state index is 11.4. The highest BCUT2D eigenvalue weighted by Gasteiger charge is 2.24. The molecule has 1 aliphatic rings. The Morgan fingerprint density at radius 2 is 2.64 bits per heavy atom. The van der Waals surface area contributed by atoms with E-state index in [1.54, 1.807) is 0 Å². The Bertz CT molecular complexity index is 333.